The Labute approximate surface area is 199 Å². The molecule has 5 rings (SSSR count). The van der Waals surface area contributed by atoms with Gasteiger partial charge >= 0.3 is 5.97 Å². The number of ether oxygens (including phenoxy) is 2. The lowest BCUT2D eigenvalue weighted by molar-refractivity contribution is -0.137. The van der Waals surface area contributed by atoms with E-state index in [1.54, 1.807) is 6.20 Å². The predicted molar refractivity (Wildman–Crippen MR) is 131 cm³/mol. The third kappa shape index (κ3) is 4.27. The van der Waals surface area contributed by atoms with Crippen molar-refractivity contribution in [2.45, 2.75) is 19.9 Å². The molecule has 34 heavy (non-hydrogen) atoms. The van der Waals surface area contributed by atoms with Gasteiger partial charge in [0, 0.05) is 11.9 Å². The molecule has 0 saturated heterocycles. The molecule has 0 spiro atoms. The van der Waals surface area contributed by atoms with E-state index >= 15 is 0 Å². The zero-order valence-corrected chi connectivity index (χ0v) is 19.3. The van der Waals surface area contributed by atoms with Gasteiger partial charge in [0.05, 0.1) is 6.20 Å². The van der Waals surface area contributed by atoms with Crippen LogP contribution in [0, 0.1) is 6.92 Å². The quantitative estimate of drug-likeness (QED) is 0.392. The number of aliphatic carboxylic acids is 1. The topological polar surface area (TPSA) is 119 Å². The molecule has 1 aliphatic heterocycles. The largest absolute Gasteiger partial charge is 0.486 e. The molecule has 0 fully saturated rings. The minimum atomic E-state index is -1.00. The number of nitrogens with one attached hydrogen (secondary N) is 1. The van der Waals surface area contributed by atoms with E-state index in [9.17, 15) is 4.79 Å². The van der Waals surface area contributed by atoms with E-state index in [1.807, 2.05) is 37.3 Å². The van der Waals surface area contributed by atoms with Crippen LogP contribution in [0.3, 0.4) is 0 Å². The van der Waals surface area contributed by atoms with Gasteiger partial charge in [-0.2, -0.15) is 4.37 Å². The van der Waals surface area contributed by atoms with Crippen LogP contribution in [0.2, 0.25) is 0 Å². The number of hydrogen-bond acceptors (Lipinski definition) is 9. The van der Waals surface area contributed by atoms with Gasteiger partial charge in [-0.1, -0.05) is 18.2 Å². The van der Waals surface area contributed by atoms with E-state index in [4.69, 9.17) is 14.6 Å². The summed E-state index contributed by atoms with van der Waals surface area (Å²) in [6.45, 7) is 4.64. The summed E-state index contributed by atoms with van der Waals surface area (Å²) >= 11 is 1.24. The number of hydrogen-bond donors (Lipinski definition) is 2. The predicted octanol–water partition coefficient (Wildman–Crippen LogP) is 4.47. The molecule has 2 aromatic heterocycles. The highest BCUT2D eigenvalue weighted by Crippen LogP contribution is 2.37. The molecule has 4 aromatic rings. The number of benzene rings is 2. The first kappa shape index (κ1) is 21.8. The Balaban J connectivity index is 1.45. The van der Waals surface area contributed by atoms with Crippen molar-refractivity contribution in [3.05, 3.63) is 53.9 Å². The van der Waals surface area contributed by atoms with Gasteiger partial charge in [-0.15, -0.1) is 0 Å². The highest BCUT2D eigenvalue weighted by molar-refractivity contribution is 7.13. The fourth-order valence-corrected chi connectivity index (χ4v) is 4.20. The first-order valence-corrected chi connectivity index (χ1v) is 11.4. The molecular formula is C24H21N5O4S. The average Bonchev–Trinajstić information content (AvgIpc) is 3.25. The Hall–Kier alpha value is -4.05. The van der Waals surface area contributed by atoms with Crippen LogP contribution in [0.5, 0.6) is 11.5 Å². The number of aromatic nitrogens is 3. The summed E-state index contributed by atoms with van der Waals surface area (Å²) in [5.41, 5.74) is 5.08. The van der Waals surface area contributed by atoms with Crippen LogP contribution in [0.15, 0.2) is 47.6 Å². The molecule has 0 bridgehead atoms. The Morgan fingerprint density at radius 3 is 2.88 bits per heavy atom. The summed E-state index contributed by atoms with van der Waals surface area (Å²) in [7, 11) is 0. The van der Waals surface area contributed by atoms with Crippen LogP contribution in [0.4, 0.5) is 11.5 Å². The molecule has 10 heteroatoms. The van der Waals surface area contributed by atoms with Crippen molar-refractivity contribution in [2.24, 2.45) is 4.99 Å². The summed E-state index contributed by atoms with van der Waals surface area (Å²) in [5.74, 6) is 1.08. The van der Waals surface area contributed by atoms with Crippen LogP contribution in [-0.4, -0.2) is 50.9 Å². The van der Waals surface area contributed by atoms with Gasteiger partial charge < -0.3 is 19.9 Å². The molecule has 3 heterocycles. The first-order valence-electron chi connectivity index (χ1n) is 10.6. The van der Waals surface area contributed by atoms with Crippen LogP contribution < -0.4 is 14.8 Å². The maximum Gasteiger partial charge on any atom is 0.328 e. The molecule has 2 N–H and O–H groups in total. The molecular weight excluding hydrogens is 454 g/mol. The van der Waals surface area contributed by atoms with Crippen molar-refractivity contribution in [1.82, 2.24) is 14.3 Å². The lowest BCUT2D eigenvalue weighted by Crippen LogP contribution is -2.15. The van der Waals surface area contributed by atoms with Crippen molar-refractivity contribution in [3.8, 4) is 22.6 Å². The SMILES string of the molecule is Cc1c(Nc2nsc3ncc(C=NC(C)C(=O)O)nc23)cccc1-c1ccc2c(c1)OCCO2. The molecule has 0 radical (unpaired) electrons. The van der Waals surface area contributed by atoms with Crippen LogP contribution in [-0.2, 0) is 4.79 Å². The zero-order chi connectivity index (χ0) is 23.7. The molecule has 9 nitrogen and oxygen atoms in total. The lowest BCUT2D eigenvalue weighted by Gasteiger charge is -2.19. The van der Waals surface area contributed by atoms with Gasteiger partial charge in [-0.3, -0.25) is 4.99 Å². The molecule has 172 valence electrons. The lowest BCUT2D eigenvalue weighted by atomic mass is 9.98. The van der Waals surface area contributed by atoms with Gasteiger partial charge in [0.15, 0.2) is 22.1 Å². The Kier molecular flexibility index (Phi) is 5.81. The van der Waals surface area contributed by atoms with Gasteiger partial charge in [-0.25, -0.2) is 14.8 Å². The van der Waals surface area contributed by atoms with E-state index in [0.29, 0.717) is 35.1 Å². The van der Waals surface area contributed by atoms with Gasteiger partial charge in [0.1, 0.15) is 30.5 Å². The number of nitrogens with zero attached hydrogens (tertiary/aromatic N) is 4. The second kappa shape index (κ2) is 9.06. The highest BCUT2D eigenvalue weighted by Gasteiger charge is 2.16. The molecule has 1 unspecified atom stereocenters. The van der Waals surface area contributed by atoms with Gasteiger partial charge in [0.2, 0.25) is 0 Å². The number of carboxylic acids is 1. The van der Waals surface area contributed by atoms with Gasteiger partial charge in [-0.05, 0) is 60.3 Å². The third-order valence-corrected chi connectivity index (χ3v) is 6.18. The monoisotopic (exact) mass is 475 g/mol. The number of carboxylic acid groups (broad SMARTS) is 1. The number of carbonyl (C=O) groups is 1. The van der Waals surface area contributed by atoms with Crippen molar-refractivity contribution < 1.29 is 19.4 Å². The second-order valence-corrected chi connectivity index (χ2v) is 8.49. The maximum absolute atomic E-state index is 11.0. The van der Waals surface area contributed by atoms with E-state index in [0.717, 1.165) is 33.9 Å². The van der Waals surface area contributed by atoms with E-state index in [-0.39, 0.29) is 0 Å². The summed E-state index contributed by atoms with van der Waals surface area (Å²) in [6, 6.07) is 11.1. The molecule has 0 amide bonds. The second-order valence-electron chi connectivity index (χ2n) is 7.73. The van der Waals surface area contributed by atoms with Crippen molar-refractivity contribution in [2.75, 3.05) is 18.5 Å². The number of rotatable bonds is 6. The average molecular weight is 476 g/mol. The van der Waals surface area contributed by atoms with E-state index < -0.39 is 12.0 Å². The minimum Gasteiger partial charge on any atom is -0.486 e. The molecule has 1 atom stereocenters. The maximum atomic E-state index is 11.0. The fourth-order valence-electron chi connectivity index (χ4n) is 3.56. The molecule has 0 aliphatic carbocycles. The highest BCUT2D eigenvalue weighted by atomic mass is 32.1. The van der Waals surface area contributed by atoms with Crippen LogP contribution in [0.25, 0.3) is 21.5 Å². The Morgan fingerprint density at radius 1 is 1.24 bits per heavy atom. The van der Waals surface area contributed by atoms with Gasteiger partial charge in [0.25, 0.3) is 0 Å². The van der Waals surface area contributed by atoms with Crippen molar-refractivity contribution in [3.63, 3.8) is 0 Å². The van der Waals surface area contributed by atoms with Crippen molar-refractivity contribution in [1.29, 1.82) is 0 Å². The fraction of sp³-hybridized carbons (Fsp3) is 0.208. The normalized spacial score (nSPS) is 13.8. The Bertz CT molecular complexity index is 1420. The molecule has 1 aliphatic rings. The minimum absolute atomic E-state index is 0.464. The zero-order valence-electron chi connectivity index (χ0n) is 18.5. The third-order valence-electron chi connectivity index (χ3n) is 5.43. The van der Waals surface area contributed by atoms with Crippen molar-refractivity contribution >= 4 is 45.6 Å². The number of fused-ring (bicyclic) bond motifs is 2. The Morgan fingerprint density at radius 2 is 2.06 bits per heavy atom. The number of anilines is 2. The van der Waals surface area contributed by atoms with Crippen LogP contribution >= 0.6 is 11.5 Å². The summed E-state index contributed by atoms with van der Waals surface area (Å²) in [5, 5.41) is 12.4. The molecule has 0 saturated carbocycles. The first-order chi connectivity index (χ1) is 16.5. The van der Waals surface area contributed by atoms with E-state index in [2.05, 4.69) is 30.7 Å². The summed E-state index contributed by atoms with van der Waals surface area (Å²) in [6.07, 6.45) is 2.97. The standard InChI is InChI=1S/C24H21N5O4S/c1-13-17(15-6-7-19-20(10-15)33-9-8-32-19)4-3-5-18(13)28-22-21-23(34-29-22)26-12-16(27-21)11-25-14(2)24(30)31/h3-7,10-12,14H,8-9H2,1-2H3,(H,28,29)(H,30,31). The smallest absolute Gasteiger partial charge is 0.328 e. The van der Waals surface area contributed by atoms with E-state index in [1.165, 1.54) is 24.7 Å². The molecule has 2 aromatic carbocycles. The summed E-state index contributed by atoms with van der Waals surface area (Å²) in [4.78, 5) is 24.6. The number of aliphatic imine (C=N–C) groups is 1. The summed E-state index contributed by atoms with van der Waals surface area (Å²) < 4.78 is 15.9. The van der Waals surface area contributed by atoms with Crippen LogP contribution in [0.1, 0.15) is 18.2 Å².